The Morgan fingerprint density at radius 2 is 2.14 bits per heavy atom. The zero-order chi connectivity index (χ0) is 20.1. The van der Waals surface area contributed by atoms with Crippen LogP contribution >= 0.6 is 34.7 Å². The number of carbonyl (C=O) groups excluding carboxylic acids is 1. The van der Waals surface area contributed by atoms with Gasteiger partial charge in [0.25, 0.3) is 0 Å². The minimum Gasteiger partial charge on any atom is -0.369 e. The fourth-order valence-electron chi connectivity index (χ4n) is 3.13. The summed E-state index contributed by atoms with van der Waals surface area (Å²) in [5.74, 6) is 3.32. The number of thiophene rings is 1. The highest BCUT2D eigenvalue weighted by Gasteiger charge is 2.15. The SMILES string of the molecule is O=C(CCCc1nc(-c2cccs2)no1)Nc1ccc(N2CCSCC2)c(Cl)c1. The minimum absolute atomic E-state index is 0.0545. The van der Waals surface area contributed by atoms with Crippen molar-refractivity contribution < 1.29 is 9.32 Å². The summed E-state index contributed by atoms with van der Waals surface area (Å²) >= 11 is 9.98. The number of thioether (sulfide) groups is 1. The first-order valence-electron chi connectivity index (χ1n) is 9.47. The van der Waals surface area contributed by atoms with E-state index >= 15 is 0 Å². The summed E-state index contributed by atoms with van der Waals surface area (Å²) in [6.45, 7) is 2.00. The Hall–Kier alpha value is -2.03. The van der Waals surface area contributed by atoms with Gasteiger partial charge in [0.2, 0.25) is 17.6 Å². The summed E-state index contributed by atoms with van der Waals surface area (Å²) in [6, 6.07) is 9.62. The average molecular weight is 449 g/mol. The van der Waals surface area contributed by atoms with E-state index in [1.54, 1.807) is 11.3 Å². The molecule has 0 bridgehead atoms. The second-order valence-electron chi connectivity index (χ2n) is 6.66. The van der Waals surface area contributed by atoms with E-state index in [9.17, 15) is 4.79 Å². The van der Waals surface area contributed by atoms with Gasteiger partial charge in [-0.25, -0.2) is 0 Å². The van der Waals surface area contributed by atoms with Crippen molar-refractivity contribution in [2.24, 2.45) is 0 Å². The number of nitrogens with zero attached hydrogens (tertiary/aromatic N) is 3. The van der Waals surface area contributed by atoms with Crippen LogP contribution in [0.4, 0.5) is 11.4 Å². The van der Waals surface area contributed by atoms with Gasteiger partial charge in [0.1, 0.15) is 0 Å². The van der Waals surface area contributed by atoms with Crippen LogP contribution in [0.5, 0.6) is 0 Å². The molecule has 0 atom stereocenters. The topological polar surface area (TPSA) is 71.3 Å². The summed E-state index contributed by atoms with van der Waals surface area (Å²) < 4.78 is 5.27. The molecule has 3 heterocycles. The number of hydrogen-bond acceptors (Lipinski definition) is 7. The predicted molar refractivity (Wildman–Crippen MR) is 120 cm³/mol. The first-order chi connectivity index (χ1) is 14.2. The molecule has 6 nitrogen and oxygen atoms in total. The number of aryl methyl sites for hydroxylation is 1. The minimum atomic E-state index is -0.0545. The van der Waals surface area contributed by atoms with Crippen LogP contribution in [0.3, 0.4) is 0 Å². The maximum Gasteiger partial charge on any atom is 0.226 e. The Kier molecular flexibility index (Phi) is 6.74. The number of amides is 1. The smallest absolute Gasteiger partial charge is 0.226 e. The van der Waals surface area contributed by atoms with Gasteiger partial charge in [0.15, 0.2) is 0 Å². The number of rotatable bonds is 7. The molecule has 0 unspecified atom stereocenters. The fraction of sp³-hybridized carbons (Fsp3) is 0.350. The monoisotopic (exact) mass is 448 g/mol. The first kappa shape index (κ1) is 20.3. The quantitative estimate of drug-likeness (QED) is 0.550. The Morgan fingerprint density at radius 1 is 1.28 bits per heavy atom. The molecule has 1 N–H and O–H groups in total. The van der Waals surface area contributed by atoms with Gasteiger partial charge in [-0.05, 0) is 36.1 Å². The maximum absolute atomic E-state index is 12.3. The van der Waals surface area contributed by atoms with Gasteiger partial charge < -0.3 is 14.7 Å². The standard InChI is InChI=1S/C20H21ClN4O2S2/c21-15-13-14(6-7-16(15)25-8-11-28-12-9-25)22-18(26)4-1-5-19-23-20(24-27-19)17-3-2-10-29-17/h2-3,6-7,10,13H,1,4-5,8-9,11-12H2,(H,22,26). The lowest BCUT2D eigenvalue weighted by Gasteiger charge is -2.29. The van der Waals surface area contributed by atoms with Crippen molar-refractivity contribution in [2.45, 2.75) is 19.3 Å². The molecule has 0 radical (unpaired) electrons. The Balaban J connectivity index is 1.26. The molecule has 0 spiro atoms. The third-order valence-electron chi connectivity index (χ3n) is 4.59. The lowest BCUT2D eigenvalue weighted by atomic mass is 10.2. The van der Waals surface area contributed by atoms with Crippen molar-refractivity contribution >= 4 is 52.0 Å². The second-order valence-corrected chi connectivity index (χ2v) is 9.24. The van der Waals surface area contributed by atoms with E-state index in [0.717, 1.165) is 35.2 Å². The number of hydrogen-bond donors (Lipinski definition) is 1. The van der Waals surface area contributed by atoms with Crippen LogP contribution < -0.4 is 10.2 Å². The molecular formula is C20H21ClN4O2S2. The molecule has 2 aromatic heterocycles. The van der Waals surface area contributed by atoms with Crippen LogP contribution in [-0.2, 0) is 11.2 Å². The summed E-state index contributed by atoms with van der Waals surface area (Å²) in [5, 5.41) is 9.54. The molecule has 0 saturated carbocycles. The highest BCUT2D eigenvalue weighted by Crippen LogP contribution is 2.30. The average Bonchev–Trinajstić information content (AvgIpc) is 3.41. The maximum atomic E-state index is 12.3. The molecule has 3 aromatic rings. The van der Waals surface area contributed by atoms with Gasteiger partial charge in [-0.2, -0.15) is 16.7 Å². The third kappa shape index (κ3) is 5.32. The van der Waals surface area contributed by atoms with E-state index in [-0.39, 0.29) is 5.91 Å². The lowest BCUT2D eigenvalue weighted by molar-refractivity contribution is -0.116. The van der Waals surface area contributed by atoms with E-state index in [0.29, 0.717) is 41.7 Å². The summed E-state index contributed by atoms with van der Waals surface area (Å²) in [4.78, 5) is 19.9. The van der Waals surface area contributed by atoms with Crippen molar-refractivity contribution in [1.82, 2.24) is 10.1 Å². The predicted octanol–water partition coefficient (Wildman–Crippen LogP) is 4.97. The molecule has 0 aliphatic carbocycles. The van der Waals surface area contributed by atoms with E-state index < -0.39 is 0 Å². The van der Waals surface area contributed by atoms with Crippen LogP contribution in [-0.4, -0.2) is 40.6 Å². The fourth-order valence-corrected chi connectivity index (χ4v) is 4.98. The van der Waals surface area contributed by atoms with Crippen molar-refractivity contribution in [3.05, 3.63) is 46.6 Å². The van der Waals surface area contributed by atoms with Crippen LogP contribution in [0.25, 0.3) is 10.7 Å². The summed E-state index contributed by atoms with van der Waals surface area (Å²) in [5.41, 5.74) is 1.75. The summed E-state index contributed by atoms with van der Waals surface area (Å²) in [7, 11) is 0. The molecule has 1 aliphatic heterocycles. The Labute approximate surface area is 182 Å². The van der Waals surface area contributed by atoms with Crippen LogP contribution in [0.15, 0.2) is 40.2 Å². The van der Waals surface area contributed by atoms with Crippen molar-refractivity contribution in [3.8, 4) is 10.7 Å². The second kappa shape index (κ2) is 9.65. The van der Waals surface area contributed by atoms with Gasteiger partial charge in [-0.15, -0.1) is 11.3 Å². The van der Waals surface area contributed by atoms with Gasteiger partial charge in [-0.1, -0.05) is 22.8 Å². The van der Waals surface area contributed by atoms with Crippen molar-refractivity contribution in [1.29, 1.82) is 0 Å². The molecule has 1 saturated heterocycles. The molecule has 1 fully saturated rings. The molecule has 1 aromatic carbocycles. The van der Waals surface area contributed by atoms with Crippen LogP contribution in [0, 0.1) is 0 Å². The first-order valence-corrected chi connectivity index (χ1v) is 11.9. The Morgan fingerprint density at radius 3 is 2.90 bits per heavy atom. The lowest BCUT2D eigenvalue weighted by Crippen LogP contribution is -2.32. The van der Waals surface area contributed by atoms with E-state index in [1.165, 1.54) is 0 Å². The van der Waals surface area contributed by atoms with Crippen LogP contribution in [0.2, 0.25) is 5.02 Å². The molecular weight excluding hydrogens is 428 g/mol. The zero-order valence-electron chi connectivity index (χ0n) is 15.8. The van der Waals surface area contributed by atoms with Crippen molar-refractivity contribution in [2.75, 3.05) is 34.8 Å². The zero-order valence-corrected chi connectivity index (χ0v) is 18.2. The number of halogens is 1. The van der Waals surface area contributed by atoms with E-state index in [4.69, 9.17) is 16.1 Å². The van der Waals surface area contributed by atoms with Crippen molar-refractivity contribution in [3.63, 3.8) is 0 Å². The normalized spacial score (nSPS) is 14.2. The molecule has 1 aliphatic rings. The van der Waals surface area contributed by atoms with Gasteiger partial charge >= 0.3 is 0 Å². The highest BCUT2D eigenvalue weighted by molar-refractivity contribution is 7.99. The number of benzene rings is 1. The molecule has 4 rings (SSSR count). The highest BCUT2D eigenvalue weighted by atomic mass is 35.5. The largest absolute Gasteiger partial charge is 0.369 e. The molecule has 152 valence electrons. The molecule has 9 heteroatoms. The van der Waals surface area contributed by atoms with E-state index in [1.807, 2.05) is 47.5 Å². The molecule has 29 heavy (non-hydrogen) atoms. The number of nitrogens with one attached hydrogen (secondary N) is 1. The number of aromatic nitrogens is 2. The van der Waals surface area contributed by atoms with Gasteiger partial charge in [0, 0.05) is 43.1 Å². The third-order valence-corrected chi connectivity index (χ3v) is 6.70. The van der Waals surface area contributed by atoms with Gasteiger partial charge in [-0.3, -0.25) is 4.79 Å². The number of anilines is 2. The summed E-state index contributed by atoms with van der Waals surface area (Å²) in [6.07, 6.45) is 1.58. The molecule has 1 amide bonds. The Bertz CT molecular complexity index is 955. The van der Waals surface area contributed by atoms with E-state index in [2.05, 4.69) is 20.4 Å². The van der Waals surface area contributed by atoms with Gasteiger partial charge in [0.05, 0.1) is 15.6 Å². The number of carbonyl (C=O) groups is 1. The van der Waals surface area contributed by atoms with Crippen LogP contribution in [0.1, 0.15) is 18.7 Å².